The van der Waals surface area contributed by atoms with Crippen molar-refractivity contribution in [1.82, 2.24) is 71.4 Å². The van der Waals surface area contributed by atoms with Gasteiger partial charge in [-0.1, -0.05) is 12.1 Å². The summed E-state index contributed by atoms with van der Waals surface area (Å²) in [4.78, 5) is 147. The number of benzene rings is 1. The zero-order chi connectivity index (χ0) is 80.8. The quantitative estimate of drug-likeness (QED) is 0.0300. The van der Waals surface area contributed by atoms with Crippen LogP contribution >= 0.6 is 56.7 Å². The average molecular weight is 1660 g/mol. The van der Waals surface area contributed by atoms with E-state index in [-0.39, 0.29) is 130 Å². The van der Waals surface area contributed by atoms with E-state index in [2.05, 4.69) is 46.9 Å². The molecule has 0 spiro atoms. The molecule has 38 nitrogen and oxygen atoms in total. The van der Waals surface area contributed by atoms with Gasteiger partial charge in [-0.3, -0.25) is 28.8 Å². The number of carbonyl (C=O) groups excluding carboxylic acids is 8. The number of aliphatic hydroxyl groups excluding tert-OH is 5. The molecule has 2 fully saturated rings. The van der Waals surface area contributed by atoms with E-state index < -0.39 is 182 Å². The van der Waals surface area contributed by atoms with E-state index in [1.165, 1.54) is 66.9 Å². The molecule has 0 saturated carbocycles. The van der Waals surface area contributed by atoms with Gasteiger partial charge in [0.15, 0.2) is 24.4 Å². The number of fused-ring (bicyclic) bond motifs is 15. The van der Waals surface area contributed by atoms with Gasteiger partial charge in [-0.25, -0.2) is 39.5 Å². The van der Waals surface area contributed by atoms with Crippen molar-refractivity contribution in [2.24, 2.45) is 0 Å². The van der Waals surface area contributed by atoms with Crippen LogP contribution in [0.1, 0.15) is 138 Å². The Hall–Kier alpha value is -9.52. The lowest BCUT2D eigenvalue weighted by Gasteiger charge is -2.48. The number of methoxy groups -OCH3 is 1. The van der Waals surface area contributed by atoms with Crippen molar-refractivity contribution in [1.29, 1.82) is 0 Å². The number of cyclic esters (lactones) is 2. The molecule has 7 aromatic heterocycles. The number of amides is 6. The number of aromatic hydroxyl groups is 1. The molecule has 14 N–H and O–H groups in total. The van der Waals surface area contributed by atoms with Crippen LogP contribution in [-0.2, 0) is 65.5 Å². The molecule has 113 heavy (non-hydrogen) atoms. The van der Waals surface area contributed by atoms with Crippen LogP contribution < -0.4 is 31.9 Å². The number of likely N-dealkylation sites (N-methyl/N-ethyl adjacent to an activating group) is 1. The Morgan fingerprint density at radius 2 is 1.50 bits per heavy atom. The number of nitrogens with one attached hydrogen (secondary N) is 6. The Morgan fingerprint density at radius 3 is 2.22 bits per heavy atom. The Bertz CT molecular complexity index is 4990. The normalized spacial score (nSPS) is 26.8. The highest BCUT2D eigenvalue weighted by Gasteiger charge is 2.51. The minimum absolute atomic E-state index is 0.00736. The van der Waals surface area contributed by atoms with Crippen LogP contribution in [0.2, 0.25) is 0 Å². The van der Waals surface area contributed by atoms with Crippen LogP contribution in [0.25, 0.3) is 49.3 Å². The maximum Gasteiger partial charge on any atom is 0.358 e. The van der Waals surface area contributed by atoms with Gasteiger partial charge >= 0.3 is 11.9 Å². The van der Waals surface area contributed by atoms with Gasteiger partial charge in [-0.05, 0) is 72.8 Å². The summed E-state index contributed by atoms with van der Waals surface area (Å²) >= 11 is 4.39. The van der Waals surface area contributed by atoms with E-state index in [9.17, 15) is 60.1 Å². The number of aromatic nitrogens is 7. The molecule has 12 heterocycles. The summed E-state index contributed by atoms with van der Waals surface area (Å²) in [6, 6.07) is -0.649. The van der Waals surface area contributed by atoms with Crippen molar-refractivity contribution < 1.29 is 117 Å². The third-order valence-electron chi connectivity index (χ3n) is 19.2. The molecule has 0 aliphatic carbocycles. The minimum atomic E-state index is -1.94. The largest absolute Gasteiger partial charge is 0.506 e. The molecule has 0 radical (unpaired) electrons. The number of ether oxygens (including phenoxy) is 8. The van der Waals surface area contributed by atoms with E-state index in [1.54, 1.807) is 45.0 Å². The summed E-state index contributed by atoms with van der Waals surface area (Å²) in [5.41, 5.74) is -3.12. The Kier molecular flexibility index (Phi) is 24.4. The third kappa shape index (κ3) is 16.9. The smallest absolute Gasteiger partial charge is 0.358 e. The number of nitrogens with zero attached hydrogens (tertiary/aromatic N) is 8. The molecular weight excluding hydrogens is 1580 g/mol. The highest BCUT2D eigenvalue weighted by molar-refractivity contribution is 7.14. The predicted molar refractivity (Wildman–Crippen MR) is 399 cm³/mol. The number of thiazole rings is 5. The molecule has 1 unspecified atom stereocenters. The van der Waals surface area contributed by atoms with E-state index in [4.69, 9.17) is 52.8 Å². The van der Waals surface area contributed by atoms with Gasteiger partial charge in [0.25, 0.3) is 23.6 Å². The van der Waals surface area contributed by atoms with Crippen LogP contribution in [0.5, 0.6) is 5.75 Å². The fourth-order valence-corrected chi connectivity index (χ4v) is 17.8. The van der Waals surface area contributed by atoms with Crippen molar-refractivity contribution in [3.05, 3.63) is 112 Å². The van der Waals surface area contributed by atoms with E-state index in [0.717, 1.165) is 56.7 Å². The van der Waals surface area contributed by atoms with Gasteiger partial charge in [-0.2, -0.15) is 4.73 Å². The van der Waals surface area contributed by atoms with Gasteiger partial charge in [0.2, 0.25) is 11.8 Å². The SMILES string of the molecule is CO/C(C)=C1/NC(=O)[C@H]([C@@H](C)O)NC(=O)c2csc(n2)-c2cc(O)c(-c3nc(C(=O)N[C@@H](C)C(=O)NCCCOC4O[C@H](CO)[C@@H](O)[C@H](O)[C@H]4O)cs3)nc2-c2csc(n2)[C@@H]2COC(=O)c3c4c5c(cccc5n3O)COC(=O)[C@@H](O[C@H]3C[C@](C)(O)[C@H](N(C)C)[C@H](C)O3)[C@@H](OC4)[C@H](NC(=O)c3csc1n3)c1nc(cs1)C(=O)N2. The van der Waals surface area contributed by atoms with E-state index in [1.807, 2.05) is 0 Å². The second kappa shape index (κ2) is 33.9. The summed E-state index contributed by atoms with van der Waals surface area (Å²) in [6.07, 6.45) is -14.9. The summed E-state index contributed by atoms with van der Waals surface area (Å²) in [5, 5.41) is 111. The molecule has 13 rings (SSSR count). The van der Waals surface area contributed by atoms with Gasteiger partial charge in [0, 0.05) is 56.4 Å². The molecule has 5 aliphatic heterocycles. The van der Waals surface area contributed by atoms with Gasteiger partial charge < -0.3 is 116 Å². The predicted octanol–water partition coefficient (Wildman–Crippen LogP) is 1.60. The molecule has 16 atom stereocenters. The fourth-order valence-electron chi connectivity index (χ4n) is 13.6. The molecule has 2 saturated heterocycles. The summed E-state index contributed by atoms with van der Waals surface area (Å²) in [7, 11) is 4.82. The van der Waals surface area contributed by atoms with E-state index >= 15 is 19.2 Å². The average Bonchev–Trinajstić information content (AvgIpc) is 1.64. The maximum atomic E-state index is 15.2. The number of pyridine rings is 1. The van der Waals surface area contributed by atoms with Gasteiger partial charge in [0.1, 0.15) is 150 Å². The zero-order valence-corrected chi connectivity index (χ0v) is 65.3. The lowest BCUT2D eigenvalue weighted by atomic mass is 9.85. The highest BCUT2D eigenvalue weighted by atomic mass is 32.1. The molecule has 5 aliphatic rings. The molecule has 8 aromatic rings. The standard InChI is InChI=1S/C70H78N14O24S5/c1-26(56(91)71-13-10-14-102-69-52(90)51(89)50(88)41(17-85)107-69)72-57(92)35-23-112-65(77-35)47-40(87)15-31-46(79-47)34-21-110-63(74-34)33-20-105-67(97)49-32-19-103-53(54(108-42-16-70(5,99)55(83(6)7)29(4)106-42)68(98)104-18-30-11-9-12-39(43(30)32)84(49)100)48(66-78-36(24-113-66)58(93)73-33)82-60(95)38-25-111-64(76-38)45(28(3)101-8)81-61(96)44(27(2)86)80-59(94)37-22-109-62(31)75-37/h9,11-12,15,21-27,29,33,41-42,44,48,50-55,69,85-90,99-100H,10,13-14,16-20H2,1-8H3,(H,71,91)(H,72,92)(H,73,93)(H,80,94)(H,81,96)(H,82,95)/b45-28+/t26-,27+,29-,33-,41+,42-,44-,48-,50+,51-,52+,53-,54-,55+,69?,70-/m0/s1. The molecule has 12 bridgehead atoms. The van der Waals surface area contributed by atoms with Crippen LogP contribution in [-0.4, -0.2) is 261 Å². The first-order valence-electron chi connectivity index (χ1n) is 35.1. The lowest BCUT2D eigenvalue weighted by Crippen LogP contribution is -2.62. The number of aliphatic hydroxyl groups is 6. The molecule has 602 valence electrons. The van der Waals surface area contributed by atoms with Crippen molar-refractivity contribution in [2.45, 2.75) is 158 Å². The number of hydrogen-bond acceptors (Lipinski definition) is 36. The first kappa shape index (κ1) is 81.5. The number of esters is 2. The van der Waals surface area contributed by atoms with Crippen LogP contribution in [0.3, 0.4) is 0 Å². The first-order valence-corrected chi connectivity index (χ1v) is 39.5. The molecule has 6 amide bonds. The number of hydrogen-bond donors (Lipinski definition) is 14. The minimum Gasteiger partial charge on any atom is -0.506 e. The maximum absolute atomic E-state index is 15.2. The first-order chi connectivity index (χ1) is 53.9. The second-order valence-electron chi connectivity index (χ2n) is 27.4. The molecule has 1 aromatic carbocycles. The van der Waals surface area contributed by atoms with Crippen molar-refractivity contribution in [3.63, 3.8) is 0 Å². The molecular formula is C70H78N14O24S5. The van der Waals surface area contributed by atoms with Gasteiger partial charge in [-0.15, -0.1) is 56.7 Å². The van der Waals surface area contributed by atoms with Crippen molar-refractivity contribution >= 4 is 121 Å². The Labute approximate surface area is 661 Å². The lowest BCUT2D eigenvalue weighted by molar-refractivity contribution is -0.301. The van der Waals surface area contributed by atoms with Crippen molar-refractivity contribution in [2.75, 3.05) is 47.6 Å². The summed E-state index contributed by atoms with van der Waals surface area (Å²) in [6.45, 7) is 4.81. The van der Waals surface area contributed by atoms with Crippen molar-refractivity contribution in [3.8, 4) is 38.4 Å². The fraction of sp³-hybridized carbons (Fsp3) is 0.457. The highest BCUT2D eigenvalue weighted by Crippen LogP contribution is 2.43. The Balaban J connectivity index is 0.887. The van der Waals surface area contributed by atoms with Gasteiger partial charge in [0.05, 0.1) is 56.3 Å². The molecule has 43 heteroatoms. The number of rotatable bonds is 15. The van der Waals surface area contributed by atoms with E-state index in [0.29, 0.717) is 4.73 Å². The number of allylic oxidation sites excluding steroid dienone is 1. The van der Waals surface area contributed by atoms with Crippen LogP contribution in [0, 0.1) is 0 Å². The van der Waals surface area contributed by atoms with Crippen LogP contribution in [0.4, 0.5) is 0 Å². The topological polar surface area (TPSA) is 530 Å². The Morgan fingerprint density at radius 1 is 0.814 bits per heavy atom. The summed E-state index contributed by atoms with van der Waals surface area (Å²) in [5.74, 6) is -8.00. The van der Waals surface area contributed by atoms with Crippen LogP contribution in [0.15, 0.2) is 56.9 Å². The number of carbonyl (C=O) groups is 8. The monoisotopic (exact) mass is 1660 g/mol. The third-order valence-corrected chi connectivity index (χ3v) is 23.7. The zero-order valence-electron chi connectivity index (χ0n) is 61.2. The second-order valence-corrected chi connectivity index (χ2v) is 31.8. The summed E-state index contributed by atoms with van der Waals surface area (Å²) < 4.78 is 49.2.